The third kappa shape index (κ3) is 3.22. The molecule has 5 rings (SSSR count). The summed E-state index contributed by atoms with van der Waals surface area (Å²) in [6.45, 7) is 2.00. The van der Waals surface area contributed by atoms with Gasteiger partial charge in [-0.3, -0.25) is 19.7 Å². The number of carbonyl (C=O) groups is 3. The van der Waals surface area contributed by atoms with E-state index in [1.54, 1.807) is 4.90 Å². The number of nitrogens with zero attached hydrogens (tertiary/aromatic N) is 1. The molecule has 3 aliphatic heterocycles. The highest BCUT2D eigenvalue weighted by molar-refractivity contribution is 6.05. The van der Waals surface area contributed by atoms with Crippen LogP contribution in [0.2, 0.25) is 0 Å². The molecule has 3 heterocycles. The first-order chi connectivity index (χ1) is 14.1. The van der Waals surface area contributed by atoms with Gasteiger partial charge in [-0.25, -0.2) is 0 Å². The van der Waals surface area contributed by atoms with E-state index in [9.17, 15) is 14.4 Å². The number of anilines is 2. The van der Waals surface area contributed by atoms with Gasteiger partial charge in [-0.1, -0.05) is 18.2 Å². The minimum absolute atomic E-state index is 0.141. The van der Waals surface area contributed by atoms with E-state index in [0.717, 1.165) is 29.8 Å². The van der Waals surface area contributed by atoms with Crippen molar-refractivity contribution in [3.05, 3.63) is 58.7 Å². The molecule has 0 aliphatic carbocycles. The highest BCUT2D eigenvalue weighted by Gasteiger charge is 2.39. The molecule has 1 unspecified atom stereocenters. The molecule has 2 aromatic carbocycles. The molecule has 7 heteroatoms. The van der Waals surface area contributed by atoms with Crippen molar-refractivity contribution in [2.75, 3.05) is 17.2 Å². The Balaban J connectivity index is 1.29. The number of hydrogen-bond acceptors (Lipinski definition) is 5. The van der Waals surface area contributed by atoms with Crippen molar-refractivity contribution in [3.8, 4) is 0 Å². The molecule has 0 radical (unpaired) electrons. The Kier molecular flexibility index (Phi) is 4.23. The normalized spacial score (nSPS) is 20.2. The summed E-state index contributed by atoms with van der Waals surface area (Å²) in [5, 5.41) is 9.13. The molecule has 0 saturated carbocycles. The maximum Gasteiger partial charge on any atom is 0.255 e. The first-order valence-corrected chi connectivity index (χ1v) is 9.95. The van der Waals surface area contributed by atoms with E-state index in [1.165, 1.54) is 11.3 Å². The van der Waals surface area contributed by atoms with Crippen molar-refractivity contribution in [1.29, 1.82) is 0 Å². The van der Waals surface area contributed by atoms with Gasteiger partial charge in [-0.05, 0) is 47.7 Å². The zero-order valence-corrected chi connectivity index (χ0v) is 16.0. The van der Waals surface area contributed by atoms with Gasteiger partial charge in [-0.2, -0.15) is 0 Å². The number of nitrogens with one attached hydrogen (secondary N) is 3. The summed E-state index contributed by atoms with van der Waals surface area (Å²) in [6, 6.07) is 11.6. The fourth-order valence-electron chi connectivity index (χ4n) is 4.32. The van der Waals surface area contributed by atoms with Crippen LogP contribution in [0.1, 0.15) is 39.9 Å². The molecule has 0 spiro atoms. The van der Waals surface area contributed by atoms with Crippen LogP contribution in [-0.4, -0.2) is 35.2 Å². The largest absolute Gasteiger partial charge is 0.384 e. The second-order valence-electron chi connectivity index (χ2n) is 7.79. The lowest BCUT2D eigenvalue weighted by Crippen LogP contribution is -2.52. The lowest BCUT2D eigenvalue weighted by Gasteiger charge is -2.29. The monoisotopic (exact) mass is 390 g/mol. The van der Waals surface area contributed by atoms with Crippen molar-refractivity contribution in [2.24, 2.45) is 0 Å². The number of hydrogen-bond donors (Lipinski definition) is 3. The molecule has 2 aromatic rings. The Morgan fingerprint density at radius 1 is 1.03 bits per heavy atom. The minimum atomic E-state index is -0.576. The van der Waals surface area contributed by atoms with Gasteiger partial charge >= 0.3 is 0 Å². The highest BCUT2D eigenvalue weighted by atomic mass is 16.2. The molecule has 0 aromatic heterocycles. The standard InChI is InChI=1S/C22H22N4O3/c27-20-6-5-19(21(28)25-20)26-12-15-2-1-13(9-17(15)22(26)29)11-24-16-4-3-14-7-8-23-18(14)10-16/h1-4,9-10,19,23-24H,5-8,11-12H2,(H,25,27,28). The molecule has 1 atom stereocenters. The fourth-order valence-corrected chi connectivity index (χ4v) is 4.32. The van der Waals surface area contributed by atoms with Crippen LogP contribution in [-0.2, 0) is 29.1 Å². The number of rotatable bonds is 4. The molecule has 0 bridgehead atoms. The first kappa shape index (κ1) is 17.7. The minimum Gasteiger partial charge on any atom is -0.384 e. The van der Waals surface area contributed by atoms with Gasteiger partial charge in [0.05, 0.1) is 0 Å². The average molecular weight is 390 g/mol. The quantitative estimate of drug-likeness (QED) is 0.695. The lowest BCUT2D eigenvalue weighted by molar-refractivity contribution is -0.136. The molecule has 3 N–H and O–H groups in total. The molecule has 3 amide bonds. The van der Waals surface area contributed by atoms with E-state index in [2.05, 4.69) is 34.1 Å². The Bertz CT molecular complexity index is 1030. The average Bonchev–Trinajstić information content (AvgIpc) is 3.31. The number of piperidine rings is 1. The molecular weight excluding hydrogens is 368 g/mol. The number of fused-ring (bicyclic) bond motifs is 2. The first-order valence-electron chi connectivity index (χ1n) is 9.95. The van der Waals surface area contributed by atoms with Crippen LogP contribution < -0.4 is 16.0 Å². The summed E-state index contributed by atoms with van der Waals surface area (Å²) in [6.07, 6.45) is 1.71. The molecule has 3 aliphatic rings. The van der Waals surface area contributed by atoms with E-state index < -0.39 is 6.04 Å². The van der Waals surface area contributed by atoms with Gasteiger partial charge in [0, 0.05) is 43.0 Å². The van der Waals surface area contributed by atoms with E-state index in [-0.39, 0.29) is 24.1 Å². The number of benzene rings is 2. The van der Waals surface area contributed by atoms with E-state index in [1.807, 2.05) is 18.2 Å². The van der Waals surface area contributed by atoms with E-state index in [4.69, 9.17) is 0 Å². The van der Waals surface area contributed by atoms with Crippen molar-refractivity contribution < 1.29 is 14.4 Å². The maximum absolute atomic E-state index is 12.9. The van der Waals surface area contributed by atoms with Gasteiger partial charge in [0.1, 0.15) is 6.04 Å². The highest BCUT2D eigenvalue weighted by Crippen LogP contribution is 2.29. The summed E-state index contributed by atoms with van der Waals surface area (Å²) in [5.41, 5.74) is 6.13. The summed E-state index contributed by atoms with van der Waals surface area (Å²) in [7, 11) is 0. The summed E-state index contributed by atoms with van der Waals surface area (Å²) >= 11 is 0. The predicted octanol–water partition coefficient (Wildman–Crippen LogP) is 2.03. The van der Waals surface area contributed by atoms with Crippen LogP contribution in [0.25, 0.3) is 0 Å². The van der Waals surface area contributed by atoms with Crippen molar-refractivity contribution in [1.82, 2.24) is 10.2 Å². The zero-order chi connectivity index (χ0) is 20.0. The molecular formula is C22H22N4O3. The van der Waals surface area contributed by atoms with Crippen LogP contribution in [0.15, 0.2) is 36.4 Å². The Morgan fingerprint density at radius 3 is 2.76 bits per heavy atom. The van der Waals surface area contributed by atoms with Crippen LogP contribution >= 0.6 is 0 Å². The summed E-state index contributed by atoms with van der Waals surface area (Å²) < 4.78 is 0. The molecule has 1 fully saturated rings. The Hall–Kier alpha value is -3.35. The van der Waals surface area contributed by atoms with Crippen LogP contribution in [0, 0.1) is 0 Å². The third-order valence-electron chi connectivity index (χ3n) is 5.91. The van der Waals surface area contributed by atoms with Crippen LogP contribution in [0.4, 0.5) is 11.4 Å². The molecule has 148 valence electrons. The van der Waals surface area contributed by atoms with Gasteiger partial charge in [0.2, 0.25) is 11.8 Å². The molecule has 1 saturated heterocycles. The second kappa shape index (κ2) is 6.92. The van der Waals surface area contributed by atoms with Crippen LogP contribution in [0.5, 0.6) is 0 Å². The number of imide groups is 1. The van der Waals surface area contributed by atoms with Gasteiger partial charge in [-0.15, -0.1) is 0 Å². The van der Waals surface area contributed by atoms with E-state index >= 15 is 0 Å². The van der Waals surface area contributed by atoms with Gasteiger partial charge in [0.25, 0.3) is 5.91 Å². The second-order valence-corrected chi connectivity index (χ2v) is 7.79. The predicted molar refractivity (Wildman–Crippen MR) is 108 cm³/mol. The third-order valence-corrected chi connectivity index (χ3v) is 5.91. The SMILES string of the molecule is O=C1CCC(N2Cc3ccc(CNc4ccc5c(c4)NCC5)cc3C2=O)C(=O)N1. The molecule has 7 nitrogen and oxygen atoms in total. The smallest absolute Gasteiger partial charge is 0.255 e. The van der Waals surface area contributed by atoms with Crippen molar-refractivity contribution >= 4 is 29.1 Å². The van der Waals surface area contributed by atoms with Gasteiger partial charge in [0.15, 0.2) is 0 Å². The van der Waals surface area contributed by atoms with Crippen LogP contribution in [0.3, 0.4) is 0 Å². The maximum atomic E-state index is 12.9. The number of carbonyl (C=O) groups excluding carboxylic acids is 3. The lowest BCUT2D eigenvalue weighted by atomic mass is 10.0. The van der Waals surface area contributed by atoms with Crippen molar-refractivity contribution in [2.45, 2.75) is 38.4 Å². The van der Waals surface area contributed by atoms with E-state index in [0.29, 0.717) is 25.1 Å². The topological polar surface area (TPSA) is 90.5 Å². The van der Waals surface area contributed by atoms with Crippen molar-refractivity contribution in [3.63, 3.8) is 0 Å². The molecule has 29 heavy (non-hydrogen) atoms. The fraction of sp³-hybridized carbons (Fsp3) is 0.318. The number of amides is 3. The van der Waals surface area contributed by atoms with Gasteiger partial charge < -0.3 is 15.5 Å². The Labute approximate surface area is 168 Å². The Morgan fingerprint density at radius 2 is 1.90 bits per heavy atom. The summed E-state index contributed by atoms with van der Waals surface area (Å²) in [4.78, 5) is 38.0. The zero-order valence-electron chi connectivity index (χ0n) is 16.0. The summed E-state index contributed by atoms with van der Waals surface area (Å²) in [5.74, 6) is -0.793.